The molecule has 8 bridgehead atoms. The van der Waals surface area contributed by atoms with Gasteiger partial charge < -0.3 is 55.7 Å². The highest BCUT2D eigenvalue weighted by atomic mass is 33.1. The van der Waals surface area contributed by atoms with E-state index >= 15 is 0 Å². The van der Waals surface area contributed by atoms with Crippen LogP contribution in [0.15, 0.2) is 83.8 Å². The molecule has 29 heteroatoms. The van der Waals surface area contributed by atoms with Crippen molar-refractivity contribution < 1.29 is 57.6 Å². The van der Waals surface area contributed by atoms with Crippen molar-refractivity contribution >= 4 is 131 Å². The van der Waals surface area contributed by atoms with Gasteiger partial charge in [0.25, 0.3) is 5.56 Å². The number of rotatable bonds is 26. The predicted molar refractivity (Wildman–Crippen MR) is 358 cm³/mol. The van der Waals surface area contributed by atoms with Crippen molar-refractivity contribution in [3.63, 3.8) is 0 Å². The first-order valence-electron chi connectivity index (χ1n) is 29.9. The highest BCUT2D eigenvalue weighted by Gasteiger charge is 2.54. The first-order valence-corrected chi connectivity index (χ1v) is 32.4. The summed E-state index contributed by atoms with van der Waals surface area (Å²) >= 11 is 0. The van der Waals surface area contributed by atoms with Gasteiger partial charge >= 0.3 is 30.0 Å². The number of benzene rings is 1. The Bertz CT molecular complexity index is 4330. The number of H-pyrrole nitrogens is 3. The van der Waals surface area contributed by atoms with Crippen molar-refractivity contribution in [2.75, 3.05) is 57.0 Å². The summed E-state index contributed by atoms with van der Waals surface area (Å²) in [4.78, 5) is 135. The van der Waals surface area contributed by atoms with E-state index in [1.807, 2.05) is 70.2 Å². The van der Waals surface area contributed by atoms with Gasteiger partial charge in [-0.25, -0.2) is 34.8 Å². The number of aromatic nitrogens is 8. The lowest BCUT2D eigenvalue weighted by atomic mass is 9.64. The summed E-state index contributed by atoms with van der Waals surface area (Å²) in [6, 6.07) is 14.0. The highest BCUT2D eigenvalue weighted by Crippen LogP contribution is 2.53. The van der Waals surface area contributed by atoms with Gasteiger partial charge in [0.1, 0.15) is 18.6 Å². The van der Waals surface area contributed by atoms with Gasteiger partial charge in [-0.3, -0.25) is 39.4 Å². The molecule has 0 spiro atoms. The standard InChI is InChI=1S/C65H72N14O13S2/c1-9-39-33(2)45-26-50-43-19-16-42(61(86)90-7)56(62(87)91-8)65(43,5)52(74-50)28-46-35(4)41(18-21-55(82)89-6)49(73-46)27-48-40(34(3)44(72-48)25-47(39)71-45)17-20-54(81)78-79-64(88)92-23-24-93-94-32-51(60(84)85)75-53(80)11-10-22-67-29-36-12-14-37(15-13-36)68-30-38-31-69-58-57(70-38)59(83)77-63(66)76-58/h9,12-16,19,25-28,31,51,56,67-68,71-72H,1,10-11,17-18,20-24,29-30,32H2,2-8H3,(H,75,80)(H,78,81)(H,79,88)(H,84,85)(H3,66,69,76,77,83)/t51?,56-,65+/m1/s1. The minimum Gasteiger partial charge on any atom is -0.480 e. The van der Waals surface area contributed by atoms with Gasteiger partial charge in [0.15, 0.2) is 11.2 Å². The Hall–Kier alpha value is -10.1. The lowest BCUT2D eigenvalue weighted by molar-refractivity contribution is -0.149. The zero-order chi connectivity index (χ0) is 67.4. The number of hydrogen-bond acceptors (Lipinski definition) is 22. The van der Waals surface area contributed by atoms with Gasteiger partial charge in [-0.1, -0.05) is 58.5 Å². The number of nitrogens with zero attached hydrogens (tertiary/aromatic N) is 5. The van der Waals surface area contributed by atoms with Crippen LogP contribution in [-0.4, -0.2) is 139 Å². The van der Waals surface area contributed by atoms with Crippen molar-refractivity contribution in [1.82, 2.24) is 61.4 Å². The first kappa shape index (κ1) is 68.2. The Morgan fingerprint density at radius 3 is 2.29 bits per heavy atom. The van der Waals surface area contributed by atoms with E-state index < -0.39 is 64.7 Å². The zero-order valence-electron chi connectivity index (χ0n) is 52.8. The van der Waals surface area contributed by atoms with Crippen LogP contribution >= 0.6 is 21.6 Å². The average molecular weight is 1320 g/mol. The number of aromatic amines is 3. The van der Waals surface area contributed by atoms with Crippen LogP contribution in [0.25, 0.3) is 56.0 Å². The van der Waals surface area contributed by atoms with Gasteiger partial charge in [-0.05, 0) is 129 Å². The number of nitrogen functional groups attached to an aromatic ring is 1. The smallest absolute Gasteiger partial charge is 0.426 e. The summed E-state index contributed by atoms with van der Waals surface area (Å²) in [5.41, 5.74) is 21.3. The largest absolute Gasteiger partial charge is 0.480 e. The SMILES string of the molecule is C=Cc1c(C)c2cc3nc(cc4nc(cc5[nH]c(cc1[nH]2)c(C)c5CCC(=O)NNC(=O)OCCSSCC(NC(=O)CCCNCc1ccc(NCc2cnc5nc(N)[nH]c(=O)c5n2)cc1)C(=O)O)C(CCC(=O)OC)=C4C)[C@]1(C)C3=CC=C(C(=O)OC)[C@@H]1C(=O)OC. The predicted octanol–water partition coefficient (Wildman–Crippen LogP) is 7.13. The third-order valence-corrected chi connectivity index (χ3v) is 18.8. The van der Waals surface area contributed by atoms with E-state index in [1.165, 1.54) is 49.1 Å². The molecule has 0 radical (unpaired) electrons. The molecule has 2 aliphatic heterocycles. The third-order valence-electron chi connectivity index (χ3n) is 16.4. The Morgan fingerprint density at radius 1 is 0.798 bits per heavy atom. The number of ether oxygens (including phenoxy) is 4. The van der Waals surface area contributed by atoms with Gasteiger partial charge in [-0.2, -0.15) is 4.98 Å². The van der Waals surface area contributed by atoms with Crippen LogP contribution in [0.4, 0.5) is 16.4 Å². The van der Waals surface area contributed by atoms with E-state index in [4.69, 9.17) is 34.6 Å². The summed E-state index contributed by atoms with van der Waals surface area (Å²) in [6.45, 7) is 13.0. The van der Waals surface area contributed by atoms with Crippen molar-refractivity contribution in [2.24, 2.45) is 5.92 Å². The molecule has 492 valence electrons. The first-order chi connectivity index (χ1) is 45.1. The van der Waals surface area contributed by atoms with E-state index in [9.17, 15) is 43.5 Å². The number of carbonyl (C=O) groups is 7. The zero-order valence-corrected chi connectivity index (χ0v) is 54.4. The summed E-state index contributed by atoms with van der Waals surface area (Å²) in [5, 5.41) is 18.9. The number of esters is 3. The van der Waals surface area contributed by atoms with Crippen LogP contribution in [0.2, 0.25) is 0 Å². The Balaban J connectivity index is 0.781. The quantitative estimate of drug-likeness (QED) is 0.00848. The molecule has 94 heavy (non-hydrogen) atoms. The molecular formula is C65H72N14O13S2. The maximum atomic E-state index is 13.9. The molecule has 5 aromatic heterocycles. The van der Waals surface area contributed by atoms with Crippen molar-refractivity contribution in [1.29, 1.82) is 0 Å². The molecule has 3 aliphatic rings. The lowest BCUT2D eigenvalue weighted by Gasteiger charge is -2.36. The van der Waals surface area contributed by atoms with Crippen LogP contribution < -0.4 is 38.1 Å². The van der Waals surface area contributed by atoms with Crippen LogP contribution in [0, 0.1) is 19.8 Å². The molecule has 7 heterocycles. The second-order valence-electron chi connectivity index (χ2n) is 22.3. The van der Waals surface area contributed by atoms with E-state index in [0.717, 1.165) is 44.7 Å². The molecule has 0 saturated carbocycles. The number of carbonyl (C=O) groups excluding carboxylic acids is 6. The molecule has 0 saturated heterocycles. The lowest BCUT2D eigenvalue weighted by Crippen LogP contribution is -2.42. The van der Waals surface area contributed by atoms with Gasteiger partial charge in [0, 0.05) is 70.6 Å². The fraction of sp³-hybridized carbons (Fsp3) is 0.338. The highest BCUT2D eigenvalue weighted by molar-refractivity contribution is 8.76. The number of nitrogens with two attached hydrogens (primary N) is 1. The molecule has 1 aromatic carbocycles. The van der Waals surface area contributed by atoms with Crippen molar-refractivity contribution in [2.45, 2.75) is 90.8 Å². The number of aliphatic carboxylic acids is 1. The monoisotopic (exact) mass is 1320 g/mol. The molecule has 6 aromatic rings. The molecule has 11 N–H and O–H groups in total. The van der Waals surface area contributed by atoms with E-state index in [-0.39, 0.29) is 72.9 Å². The number of hydrazine groups is 1. The van der Waals surface area contributed by atoms with Gasteiger partial charge in [0.05, 0.1) is 73.5 Å². The molecule has 0 fully saturated rings. The number of allylic oxidation sites excluding steroid dienone is 5. The summed E-state index contributed by atoms with van der Waals surface area (Å²) in [7, 11) is 6.26. The summed E-state index contributed by atoms with van der Waals surface area (Å²) in [5.74, 6) is -4.79. The van der Waals surface area contributed by atoms with E-state index in [2.05, 4.69) is 63.3 Å². The molecule has 1 unspecified atom stereocenters. The summed E-state index contributed by atoms with van der Waals surface area (Å²) in [6.07, 6.45) is 6.67. The fourth-order valence-corrected chi connectivity index (χ4v) is 13.3. The molecular weight excluding hydrogens is 1250 g/mol. The number of fused-ring (bicyclic) bond motifs is 12. The van der Waals surface area contributed by atoms with E-state index in [0.29, 0.717) is 82.2 Å². The Kier molecular flexibility index (Phi) is 22.2. The fourth-order valence-electron chi connectivity index (χ4n) is 11.3. The number of nitrogens with one attached hydrogen (secondary N) is 8. The van der Waals surface area contributed by atoms with Crippen molar-refractivity contribution in [3.8, 4) is 0 Å². The van der Waals surface area contributed by atoms with Crippen LogP contribution in [0.5, 0.6) is 0 Å². The average Bonchev–Trinajstić information content (AvgIpc) is 1.54. The number of carboxylic acid groups (broad SMARTS) is 1. The number of amides is 3. The minimum atomic E-state index is -1.26. The number of hydrogen-bond donors (Lipinski definition) is 10. The van der Waals surface area contributed by atoms with Gasteiger partial charge in [-0.15, -0.1) is 0 Å². The maximum absolute atomic E-state index is 13.9. The molecule has 3 amide bonds. The summed E-state index contributed by atoms with van der Waals surface area (Å²) < 4.78 is 20.8. The topological polar surface area (TPSA) is 392 Å². The normalized spacial score (nSPS) is 15.2. The molecule has 1 aliphatic carbocycles. The second-order valence-corrected chi connectivity index (χ2v) is 24.9. The minimum absolute atomic E-state index is 0.0351. The van der Waals surface area contributed by atoms with Crippen LogP contribution in [0.3, 0.4) is 0 Å². The van der Waals surface area contributed by atoms with Crippen LogP contribution in [-0.2, 0) is 72.6 Å². The molecule has 9 rings (SSSR count). The van der Waals surface area contributed by atoms with Crippen LogP contribution in [0.1, 0.15) is 102 Å². The number of aryl methyl sites for hydroxylation is 3. The van der Waals surface area contributed by atoms with E-state index in [1.54, 1.807) is 24.3 Å². The molecule has 3 atom stereocenters. The third kappa shape index (κ3) is 15.7. The second kappa shape index (κ2) is 30.5. The molecule has 27 nitrogen and oxygen atoms in total. The van der Waals surface area contributed by atoms with Crippen molar-refractivity contribution in [3.05, 3.63) is 146 Å². The Morgan fingerprint density at radius 2 is 1.55 bits per heavy atom. The van der Waals surface area contributed by atoms with Gasteiger partial charge in [0.2, 0.25) is 17.8 Å². The number of carboxylic acids is 1. The number of anilines is 2. The number of methoxy groups -OCH3 is 3. The Labute approximate surface area is 546 Å². The maximum Gasteiger partial charge on any atom is 0.426 e.